The van der Waals surface area contributed by atoms with Crippen molar-refractivity contribution in [1.29, 1.82) is 0 Å². The number of aliphatic hydroxyl groups is 1. The van der Waals surface area contributed by atoms with Crippen LogP contribution >= 0.6 is 0 Å². The number of rotatable bonds is 4. The summed E-state index contributed by atoms with van der Waals surface area (Å²) in [5.74, 6) is -0.0112. The average molecular weight is 372 g/mol. The van der Waals surface area contributed by atoms with Crippen LogP contribution in [0.4, 0.5) is 0 Å². The van der Waals surface area contributed by atoms with Gasteiger partial charge in [-0.3, -0.25) is 19.1 Å². The highest BCUT2D eigenvalue weighted by atomic mass is 16.3. The summed E-state index contributed by atoms with van der Waals surface area (Å²) in [5.41, 5.74) is -0.700. The van der Waals surface area contributed by atoms with Crippen molar-refractivity contribution in [2.45, 2.75) is 51.3 Å². The van der Waals surface area contributed by atoms with Gasteiger partial charge in [0.2, 0.25) is 5.91 Å². The number of nitrogens with zero attached hydrogens (tertiary/aromatic N) is 3. The van der Waals surface area contributed by atoms with E-state index in [1.807, 2.05) is 37.8 Å². The zero-order chi connectivity index (χ0) is 19.7. The lowest BCUT2D eigenvalue weighted by Gasteiger charge is -2.38. The van der Waals surface area contributed by atoms with Crippen molar-refractivity contribution in [2.24, 2.45) is 0 Å². The second-order valence-electron chi connectivity index (χ2n) is 8.49. The van der Waals surface area contributed by atoms with Gasteiger partial charge in [-0.1, -0.05) is 12.1 Å². The van der Waals surface area contributed by atoms with E-state index in [9.17, 15) is 14.7 Å². The van der Waals surface area contributed by atoms with Gasteiger partial charge in [0, 0.05) is 18.6 Å². The fourth-order valence-corrected chi connectivity index (χ4v) is 3.48. The minimum atomic E-state index is -0.967. The summed E-state index contributed by atoms with van der Waals surface area (Å²) in [4.78, 5) is 31.1. The molecule has 0 unspecified atom stereocenters. The molecule has 0 spiro atoms. The van der Waals surface area contributed by atoms with Gasteiger partial charge in [-0.15, -0.1) is 0 Å². The molecule has 2 aromatic rings. The van der Waals surface area contributed by atoms with Crippen LogP contribution in [0.2, 0.25) is 0 Å². The first-order valence-electron chi connectivity index (χ1n) is 9.35. The third-order valence-electron chi connectivity index (χ3n) is 4.86. The Morgan fingerprint density at radius 3 is 2.59 bits per heavy atom. The van der Waals surface area contributed by atoms with Crippen molar-refractivity contribution in [3.05, 3.63) is 40.9 Å². The van der Waals surface area contributed by atoms with E-state index in [2.05, 4.69) is 10.3 Å². The molecule has 1 aliphatic rings. The molecule has 1 aliphatic heterocycles. The van der Waals surface area contributed by atoms with Crippen molar-refractivity contribution in [1.82, 2.24) is 19.8 Å². The van der Waals surface area contributed by atoms with Crippen LogP contribution in [0.1, 0.15) is 33.6 Å². The Bertz CT molecular complexity index is 877. The Morgan fingerprint density at radius 1 is 1.26 bits per heavy atom. The summed E-state index contributed by atoms with van der Waals surface area (Å²) in [6, 6.07) is 7.21. The van der Waals surface area contributed by atoms with Crippen molar-refractivity contribution in [3.8, 4) is 0 Å². The molecule has 1 aromatic carbocycles. The average Bonchev–Trinajstić information content (AvgIpc) is 2.58. The Morgan fingerprint density at radius 2 is 1.93 bits per heavy atom. The maximum atomic E-state index is 12.6. The van der Waals surface area contributed by atoms with Gasteiger partial charge in [0.25, 0.3) is 5.56 Å². The quantitative estimate of drug-likeness (QED) is 0.840. The molecule has 1 amide bonds. The van der Waals surface area contributed by atoms with Crippen LogP contribution in [0.3, 0.4) is 0 Å². The number of para-hydroxylation sites is 1. The van der Waals surface area contributed by atoms with E-state index in [1.54, 1.807) is 12.1 Å². The molecular weight excluding hydrogens is 344 g/mol. The smallest absolute Gasteiger partial charge is 0.261 e. The summed E-state index contributed by atoms with van der Waals surface area (Å²) in [6.45, 7) is 7.63. The van der Waals surface area contributed by atoms with Crippen LogP contribution in [0.5, 0.6) is 0 Å². The van der Waals surface area contributed by atoms with Gasteiger partial charge in [-0.25, -0.2) is 4.98 Å². The lowest BCUT2D eigenvalue weighted by atomic mass is 9.91. The second kappa shape index (κ2) is 7.40. The lowest BCUT2D eigenvalue weighted by Crippen LogP contribution is -2.51. The Kier molecular flexibility index (Phi) is 5.35. The van der Waals surface area contributed by atoms with E-state index >= 15 is 0 Å². The van der Waals surface area contributed by atoms with E-state index in [-0.39, 0.29) is 23.6 Å². The molecule has 2 N–H and O–H groups in total. The number of likely N-dealkylation sites (tertiary alicyclic amines) is 1. The molecule has 1 fully saturated rings. The molecule has 7 heteroatoms. The van der Waals surface area contributed by atoms with E-state index in [1.165, 1.54) is 10.9 Å². The van der Waals surface area contributed by atoms with Crippen LogP contribution < -0.4 is 10.9 Å². The third kappa shape index (κ3) is 4.93. The monoisotopic (exact) mass is 372 g/mol. The molecule has 3 rings (SSSR count). The summed E-state index contributed by atoms with van der Waals surface area (Å²) >= 11 is 0. The van der Waals surface area contributed by atoms with Crippen LogP contribution in [0.25, 0.3) is 10.9 Å². The number of aromatic nitrogens is 2. The SMILES string of the molecule is CC(C)(C)NC(=O)CN1CCC(O)(Cn2cnc3ccccc3c2=O)CC1. The number of hydrogen-bond donors (Lipinski definition) is 2. The van der Waals surface area contributed by atoms with Gasteiger partial charge in [0.15, 0.2) is 0 Å². The topological polar surface area (TPSA) is 87.5 Å². The fourth-order valence-electron chi connectivity index (χ4n) is 3.48. The standard InChI is InChI=1S/C20H28N4O3/c1-19(2,3)22-17(25)12-23-10-8-20(27,9-11-23)13-24-14-21-16-7-5-4-6-15(16)18(24)26/h4-7,14,27H,8-13H2,1-3H3,(H,22,25). The second-order valence-corrected chi connectivity index (χ2v) is 8.49. The van der Waals surface area contributed by atoms with E-state index in [0.717, 1.165) is 0 Å². The summed E-state index contributed by atoms with van der Waals surface area (Å²) in [7, 11) is 0. The predicted octanol–water partition coefficient (Wildman–Crippen LogP) is 1.14. The molecule has 1 saturated heterocycles. The number of fused-ring (bicyclic) bond motifs is 1. The highest BCUT2D eigenvalue weighted by Gasteiger charge is 2.33. The molecule has 7 nitrogen and oxygen atoms in total. The first kappa shape index (κ1) is 19.5. The van der Waals surface area contributed by atoms with E-state index in [4.69, 9.17) is 0 Å². The lowest BCUT2D eigenvalue weighted by molar-refractivity contribution is -0.125. The van der Waals surface area contributed by atoms with Crippen LogP contribution in [0, 0.1) is 0 Å². The van der Waals surface area contributed by atoms with Crippen molar-refractivity contribution >= 4 is 16.8 Å². The first-order valence-corrected chi connectivity index (χ1v) is 9.35. The van der Waals surface area contributed by atoms with Gasteiger partial charge < -0.3 is 10.4 Å². The minimum Gasteiger partial charge on any atom is -0.388 e. The van der Waals surface area contributed by atoms with Gasteiger partial charge in [0.05, 0.1) is 35.9 Å². The summed E-state index contributed by atoms with van der Waals surface area (Å²) in [5, 5.41) is 14.5. The number of piperidine rings is 1. The molecule has 0 aliphatic carbocycles. The predicted molar refractivity (Wildman–Crippen MR) is 105 cm³/mol. The minimum absolute atomic E-state index is 0.0112. The molecule has 0 bridgehead atoms. The molecule has 0 radical (unpaired) electrons. The molecule has 27 heavy (non-hydrogen) atoms. The van der Waals surface area contributed by atoms with Crippen LogP contribution in [-0.2, 0) is 11.3 Å². The number of nitrogens with one attached hydrogen (secondary N) is 1. The largest absolute Gasteiger partial charge is 0.388 e. The Balaban J connectivity index is 1.62. The fraction of sp³-hybridized carbons (Fsp3) is 0.550. The zero-order valence-corrected chi connectivity index (χ0v) is 16.2. The normalized spacial score (nSPS) is 17.8. The number of carbonyl (C=O) groups is 1. The molecule has 1 aromatic heterocycles. The Labute approximate surface area is 159 Å². The highest BCUT2D eigenvalue weighted by molar-refractivity contribution is 5.78. The van der Waals surface area contributed by atoms with Crippen molar-refractivity contribution in [2.75, 3.05) is 19.6 Å². The van der Waals surface area contributed by atoms with Crippen molar-refractivity contribution in [3.63, 3.8) is 0 Å². The maximum Gasteiger partial charge on any atom is 0.261 e. The molecule has 0 saturated carbocycles. The van der Waals surface area contributed by atoms with Gasteiger partial charge in [-0.2, -0.15) is 0 Å². The van der Waals surface area contributed by atoms with E-state index < -0.39 is 5.60 Å². The number of hydrogen-bond acceptors (Lipinski definition) is 5. The third-order valence-corrected chi connectivity index (χ3v) is 4.86. The number of amides is 1. The van der Waals surface area contributed by atoms with Gasteiger partial charge >= 0.3 is 0 Å². The molecule has 2 heterocycles. The maximum absolute atomic E-state index is 12.6. The molecule has 146 valence electrons. The summed E-state index contributed by atoms with van der Waals surface area (Å²) < 4.78 is 1.49. The number of benzene rings is 1. The van der Waals surface area contributed by atoms with Gasteiger partial charge in [0.1, 0.15) is 0 Å². The zero-order valence-electron chi connectivity index (χ0n) is 16.2. The van der Waals surface area contributed by atoms with Crippen LogP contribution in [-0.4, -0.2) is 56.2 Å². The molecular formula is C20H28N4O3. The van der Waals surface area contributed by atoms with Crippen molar-refractivity contribution < 1.29 is 9.90 Å². The highest BCUT2D eigenvalue weighted by Crippen LogP contribution is 2.23. The van der Waals surface area contributed by atoms with E-state index in [0.29, 0.717) is 43.4 Å². The number of carbonyl (C=O) groups excluding carboxylic acids is 1. The van der Waals surface area contributed by atoms with Crippen LogP contribution in [0.15, 0.2) is 35.4 Å². The molecule has 0 atom stereocenters. The summed E-state index contributed by atoms with van der Waals surface area (Å²) in [6.07, 6.45) is 2.52. The Hall–Kier alpha value is -2.25. The first-order chi connectivity index (χ1) is 12.7. The van der Waals surface area contributed by atoms with Gasteiger partial charge in [-0.05, 0) is 45.7 Å².